The van der Waals surface area contributed by atoms with Gasteiger partial charge in [-0.15, -0.1) is 13.2 Å². The molecule has 1 atom stereocenters. The fourth-order valence-corrected chi connectivity index (χ4v) is 2.22. The minimum atomic E-state index is -0.659. The lowest BCUT2D eigenvalue weighted by Crippen LogP contribution is -2.47. The van der Waals surface area contributed by atoms with Gasteiger partial charge in [0.05, 0.1) is 0 Å². The van der Waals surface area contributed by atoms with Gasteiger partial charge in [0.15, 0.2) is 11.5 Å². The van der Waals surface area contributed by atoms with E-state index >= 15 is 0 Å². The second kappa shape index (κ2) is 7.49. The van der Waals surface area contributed by atoms with Crippen LogP contribution in [0.5, 0.6) is 11.5 Å². The maximum Gasteiger partial charge on any atom is 0.252 e. The van der Waals surface area contributed by atoms with Gasteiger partial charge in [0, 0.05) is 18.7 Å². The van der Waals surface area contributed by atoms with Crippen molar-refractivity contribution < 1.29 is 19.1 Å². The molecule has 6 nitrogen and oxygen atoms in total. The van der Waals surface area contributed by atoms with E-state index in [0.717, 1.165) is 0 Å². The van der Waals surface area contributed by atoms with Crippen LogP contribution in [0.1, 0.15) is 17.3 Å². The third kappa shape index (κ3) is 3.91. The Morgan fingerprint density at radius 2 is 1.91 bits per heavy atom. The highest BCUT2D eigenvalue weighted by molar-refractivity contribution is 5.98. The third-order valence-electron chi connectivity index (χ3n) is 3.36. The topological polar surface area (TPSA) is 67.9 Å². The molecule has 0 fully saturated rings. The number of nitrogens with zero attached hydrogens (tertiary/aromatic N) is 1. The van der Waals surface area contributed by atoms with Crippen molar-refractivity contribution in [1.82, 2.24) is 10.2 Å². The summed E-state index contributed by atoms with van der Waals surface area (Å²) in [6.07, 6.45) is 3.27. The van der Waals surface area contributed by atoms with Crippen molar-refractivity contribution in [2.75, 3.05) is 19.9 Å². The smallest absolute Gasteiger partial charge is 0.252 e. The average Bonchev–Trinajstić information content (AvgIpc) is 3.01. The first-order chi connectivity index (χ1) is 11.1. The van der Waals surface area contributed by atoms with E-state index < -0.39 is 6.04 Å². The van der Waals surface area contributed by atoms with Gasteiger partial charge in [-0.25, -0.2) is 0 Å². The Balaban J connectivity index is 2.02. The normalized spacial score (nSPS) is 13.1. The molecule has 1 aromatic carbocycles. The molecule has 6 heteroatoms. The summed E-state index contributed by atoms with van der Waals surface area (Å²) < 4.78 is 10.4. The van der Waals surface area contributed by atoms with E-state index in [1.807, 2.05) is 0 Å². The van der Waals surface area contributed by atoms with E-state index in [0.29, 0.717) is 30.2 Å². The van der Waals surface area contributed by atoms with Crippen molar-refractivity contribution in [3.05, 3.63) is 49.1 Å². The van der Waals surface area contributed by atoms with Gasteiger partial charge in [0.2, 0.25) is 12.7 Å². The summed E-state index contributed by atoms with van der Waals surface area (Å²) in [4.78, 5) is 26.2. The van der Waals surface area contributed by atoms with E-state index in [2.05, 4.69) is 18.5 Å². The molecule has 2 rings (SSSR count). The van der Waals surface area contributed by atoms with Gasteiger partial charge in [-0.3, -0.25) is 9.59 Å². The zero-order valence-corrected chi connectivity index (χ0v) is 13.1. The highest BCUT2D eigenvalue weighted by atomic mass is 16.7. The number of nitrogens with one attached hydrogen (secondary N) is 1. The molecule has 0 saturated carbocycles. The molecule has 0 aliphatic carbocycles. The quantitative estimate of drug-likeness (QED) is 0.778. The lowest BCUT2D eigenvalue weighted by Gasteiger charge is -2.23. The first-order valence-corrected chi connectivity index (χ1v) is 7.28. The molecule has 0 bridgehead atoms. The van der Waals surface area contributed by atoms with Crippen LogP contribution in [-0.4, -0.2) is 42.6 Å². The molecule has 1 N–H and O–H groups in total. The number of hydrogen-bond donors (Lipinski definition) is 1. The van der Waals surface area contributed by atoms with E-state index in [4.69, 9.17) is 9.47 Å². The highest BCUT2D eigenvalue weighted by Crippen LogP contribution is 2.32. The predicted molar refractivity (Wildman–Crippen MR) is 86.5 cm³/mol. The van der Waals surface area contributed by atoms with Gasteiger partial charge in [-0.2, -0.15) is 0 Å². The summed E-state index contributed by atoms with van der Waals surface area (Å²) >= 11 is 0. The number of amides is 2. The van der Waals surface area contributed by atoms with Crippen LogP contribution in [0.15, 0.2) is 43.5 Å². The molecule has 1 aliphatic rings. The molecule has 1 aromatic rings. The number of carbonyl (C=O) groups excluding carboxylic acids is 2. The Bertz CT molecular complexity index is 617. The molecule has 23 heavy (non-hydrogen) atoms. The molecular formula is C17H20N2O4. The van der Waals surface area contributed by atoms with Crippen molar-refractivity contribution in [1.29, 1.82) is 0 Å². The van der Waals surface area contributed by atoms with E-state index in [1.54, 1.807) is 42.2 Å². The van der Waals surface area contributed by atoms with Gasteiger partial charge < -0.3 is 19.7 Å². The minimum absolute atomic E-state index is 0.146. The van der Waals surface area contributed by atoms with Crippen molar-refractivity contribution in [3.8, 4) is 11.5 Å². The Morgan fingerprint density at radius 1 is 1.26 bits per heavy atom. The van der Waals surface area contributed by atoms with Crippen LogP contribution >= 0.6 is 0 Å². The van der Waals surface area contributed by atoms with Crippen LogP contribution in [0.2, 0.25) is 0 Å². The van der Waals surface area contributed by atoms with Crippen LogP contribution < -0.4 is 14.8 Å². The minimum Gasteiger partial charge on any atom is -0.454 e. The van der Waals surface area contributed by atoms with Gasteiger partial charge in [0.1, 0.15) is 6.04 Å². The Labute approximate surface area is 135 Å². The first-order valence-electron chi connectivity index (χ1n) is 7.28. The Hall–Kier alpha value is -2.76. The second-order valence-electron chi connectivity index (χ2n) is 5.08. The summed E-state index contributed by atoms with van der Waals surface area (Å²) in [7, 11) is 0. The zero-order valence-electron chi connectivity index (χ0n) is 13.1. The van der Waals surface area contributed by atoms with Crippen molar-refractivity contribution in [2.45, 2.75) is 13.0 Å². The van der Waals surface area contributed by atoms with Gasteiger partial charge in [-0.05, 0) is 25.1 Å². The molecule has 1 aliphatic heterocycles. The van der Waals surface area contributed by atoms with Crippen LogP contribution in [0, 0.1) is 0 Å². The van der Waals surface area contributed by atoms with Crippen LogP contribution in [-0.2, 0) is 4.79 Å². The Morgan fingerprint density at radius 3 is 2.57 bits per heavy atom. The molecule has 0 saturated heterocycles. The monoisotopic (exact) mass is 316 g/mol. The summed E-state index contributed by atoms with van der Waals surface area (Å²) in [5, 5.41) is 2.69. The molecular weight excluding hydrogens is 296 g/mol. The summed E-state index contributed by atoms with van der Waals surface area (Å²) in [5.74, 6) is 0.589. The lowest BCUT2D eigenvalue weighted by molar-refractivity contribution is -0.131. The van der Waals surface area contributed by atoms with Crippen molar-refractivity contribution in [3.63, 3.8) is 0 Å². The molecule has 2 amide bonds. The number of fused-ring (bicyclic) bond motifs is 1. The average molecular weight is 316 g/mol. The lowest BCUT2D eigenvalue weighted by atomic mass is 10.1. The molecule has 1 unspecified atom stereocenters. The van der Waals surface area contributed by atoms with Crippen LogP contribution in [0.25, 0.3) is 0 Å². The van der Waals surface area contributed by atoms with Crippen LogP contribution in [0.4, 0.5) is 0 Å². The van der Waals surface area contributed by atoms with E-state index in [9.17, 15) is 9.59 Å². The summed E-state index contributed by atoms with van der Waals surface area (Å²) in [6, 6.07) is 4.24. The maximum atomic E-state index is 12.3. The Kier molecular flexibility index (Phi) is 5.41. The summed E-state index contributed by atoms with van der Waals surface area (Å²) in [6.45, 7) is 9.84. The van der Waals surface area contributed by atoms with Gasteiger partial charge >= 0.3 is 0 Å². The molecule has 122 valence electrons. The predicted octanol–water partition coefficient (Wildman–Crippen LogP) is 1.73. The molecule has 1 heterocycles. The number of ether oxygens (including phenoxy) is 2. The fourth-order valence-electron chi connectivity index (χ4n) is 2.22. The largest absolute Gasteiger partial charge is 0.454 e. The van der Waals surface area contributed by atoms with Gasteiger partial charge in [0.25, 0.3) is 5.91 Å². The maximum absolute atomic E-state index is 12.3. The highest BCUT2D eigenvalue weighted by Gasteiger charge is 2.22. The molecule has 0 aromatic heterocycles. The standard InChI is InChI=1S/C17H20N2O4/c1-4-8-19(9-5-2)17(21)12(3)18-16(20)13-6-7-14-15(10-13)23-11-22-14/h4-7,10,12H,1-2,8-9,11H2,3H3,(H,18,20). The number of hydrogen-bond acceptors (Lipinski definition) is 4. The van der Waals surface area contributed by atoms with E-state index in [-0.39, 0.29) is 18.6 Å². The zero-order chi connectivity index (χ0) is 16.8. The van der Waals surface area contributed by atoms with E-state index in [1.165, 1.54) is 0 Å². The SMILES string of the molecule is C=CCN(CC=C)C(=O)C(C)NC(=O)c1ccc2c(c1)OCO2. The second-order valence-corrected chi connectivity index (χ2v) is 5.08. The van der Waals surface area contributed by atoms with Crippen molar-refractivity contribution in [2.24, 2.45) is 0 Å². The number of carbonyl (C=O) groups is 2. The number of benzene rings is 1. The van der Waals surface area contributed by atoms with Gasteiger partial charge in [-0.1, -0.05) is 12.2 Å². The third-order valence-corrected chi connectivity index (χ3v) is 3.36. The van der Waals surface area contributed by atoms with Crippen molar-refractivity contribution >= 4 is 11.8 Å². The first kappa shape index (κ1) is 16.6. The summed E-state index contributed by atoms with van der Waals surface area (Å²) in [5.41, 5.74) is 0.410. The number of rotatable bonds is 7. The molecule has 0 radical (unpaired) electrons. The van der Waals surface area contributed by atoms with Crippen LogP contribution in [0.3, 0.4) is 0 Å². The molecule has 0 spiro atoms. The fraction of sp³-hybridized carbons (Fsp3) is 0.294.